The minimum absolute atomic E-state index is 0.0187. The van der Waals surface area contributed by atoms with Gasteiger partial charge in [0.25, 0.3) is 5.91 Å². The quantitative estimate of drug-likeness (QED) is 0.887. The Balaban J connectivity index is 2.34. The molecule has 0 aliphatic heterocycles. The van der Waals surface area contributed by atoms with Crippen LogP contribution in [0.15, 0.2) is 17.0 Å². The molecule has 3 N–H and O–H groups in total. The van der Waals surface area contributed by atoms with Crippen molar-refractivity contribution in [2.75, 3.05) is 0 Å². The second-order valence-corrected chi connectivity index (χ2v) is 7.11. The average Bonchev–Trinajstić information content (AvgIpc) is 2.83. The highest BCUT2D eigenvalue weighted by Gasteiger charge is 2.22. The van der Waals surface area contributed by atoms with Gasteiger partial charge >= 0.3 is 0 Å². The minimum atomic E-state index is -3.95. The van der Waals surface area contributed by atoms with Crippen molar-refractivity contribution in [3.8, 4) is 0 Å². The van der Waals surface area contributed by atoms with Gasteiger partial charge in [-0.05, 0) is 25.0 Å². The van der Waals surface area contributed by atoms with Crippen molar-refractivity contribution in [1.29, 1.82) is 0 Å². The van der Waals surface area contributed by atoms with Gasteiger partial charge in [-0.15, -0.1) is 0 Å². The Morgan fingerprint density at radius 3 is 2.40 bits per heavy atom. The molecule has 1 saturated carbocycles. The van der Waals surface area contributed by atoms with Gasteiger partial charge in [0.1, 0.15) is 0 Å². The van der Waals surface area contributed by atoms with Gasteiger partial charge in [0.15, 0.2) is 0 Å². The molecular weight excluding hydrogens is 323 g/mol. The molecule has 1 aliphatic rings. The topological polar surface area (TPSA) is 89.3 Å². The van der Waals surface area contributed by atoms with E-state index < -0.39 is 15.9 Å². The summed E-state index contributed by atoms with van der Waals surface area (Å²) >= 11 is 11.8. The molecule has 0 bridgehead atoms. The number of amides is 1. The standard InChI is InChI=1S/C12H14Cl2N2O3S/c13-10-6-8(20(15,18)19)5-9(11(10)14)12(17)16-7-3-1-2-4-7/h5-7H,1-4H2,(H,16,17)(H2,15,18,19). The zero-order chi connectivity index (χ0) is 14.9. The number of nitrogens with one attached hydrogen (secondary N) is 1. The summed E-state index contributed by atoms with van der Waals surface area (Å²) < 4.78 is 22.7. The van der Waals surface area contributed by atoms with Crippen molar-refractivity contribution >= 4 is 39.1 Å². The number of halogens is 2. The first-order valence-corrected chi connectivity index (χ1v) is 8.42. The van der Waals surface area contributed by atoms with E-state index in [-0.39, 0.29) is 26.5 Å². The monoisotopic (exact) mass is 336 g/mol. The molecular formula is C12H14Cl2N2O3S. The molecule has 20 heavy (non-hydrogen) atoms. The fourth-order valence-electron chi connectivity index (χ4n) is 2.23. The van der Waals surface area contributed by atoms with Crippen molar-refractivity contribution in [2.24, 2.45) is 5.14 Å². The molecule has 0 spiro atoms. The van der Waals surface area contributed by atoms with Crippen molar-refractivity contribution in [3.05, 3.63) is 27.7 Å². The lowest BCUT2D eigenvalue weighted by Crippen LogP contribution is -2.33. The minimum Gasteiger partial charge on any atom is -0.349 e. The van der Waals surface area contributed by atoms with E-state index in [2.05, 4.69) is 5.32 Å². The lowest BCUT2D eigenvalue weighted by Gasteiger charge is -2.14. The summed E-state index contributed by atoms with van der Waals surface area (Å²) in [6.45, 7) is 0. The van der Waals surface area contributed by atoms with E-state index in [4.69, 9.17) is 28.3 Å². The van der Waals surface area contributed by atoms with E-state index in [1.807, 2.05) is 0 Å². The van der Waals surface area contributed by atoms with Gasteiger partial charge in [-0.3, -0.25) is 4.79 Å². The van der Waals surface area contributed by atoms with Crippen LogP contribution in [0.2, 0.25) is 10.0 Å². The van der Waals surface area contributed by atoms with E-state index in [1.54, 1.807) is 0 Å². The van der Waals surface area contributed by atoms with Gasteiger partial charge in [-0.2, -0.15) is 0 Å². The van der Waals surface area contributed by atoms with Crippen LogP contribution in [0.3, 0.4) is 0 Å². The zero-order valence-corrected chi connectivity index (χ0v) is 12.9. The van der Waals surface area contributed by atoms with Gasteiger partial charge < -0.3 is 5.32 Å². The van der Waals surface area contributed by atoms with E-state index in [1.165, 1.54) is 0 Å². The highest BCUT2D eigenvalue weighted by Crippen LogP contribution is 2.29. The van der Waals surface area contributed by atoms with Crippen LogP contribution in [-0.2, 0) is 10.0 Å². The highest BCUT2D eigenvalue weighted by molar-refractivity contribution is 7.89. The predicted molar refractivity (Wildman–Crippen MR) is 77.6 cm³/mol. The fourth-order valence-corrected chi connectivity index (χ4v) is 3.27. The molecule has 8 heteroatoms. The summed E-state index contributed by atoms with van der Waals surface area (Å²) in [5.41, 5.74) is 0.0232. The fraction of sp³-hybridized carbons (Fsp3) is 0.417. The second kappa shape index (κ2) is 5.89. The maximum Gasteiger partial charge on any atom is 0.253 e. The molecule has 1 aliphatic carbocycles. The Morgan fingerprint density at radius 2 is 1.85 bits per heavy atom. The van der Waals surface area contributed by atoms with Gasteiger partial charge in [0, 0.05) is 6.04 Å². The molecule has 0 saturated heterocycles. The lowest BCUT2D eigenvalue weighted by atomic mass is 10.2. The van der Waals surface area contributed by atoms with E-state index in [0.29, 0.717) is 0 Å². The number of sulfonamides is 1. The van der Waals surface area contributed by atoms with Crippen LogP contribution in [0, 0.1) is 0 Å². The first-order valence-electron chi connectivity index (χ1n) is 6.12. The van der Waals surface area contributed by atoms with Crippen LogP contribution < -0.4 is 10.5 Å². The molecule has 5 nitrogen and oxygen atoms in total. The van der Waals surface area contributed by atoms with Crippen LogP contribution >= 0.6 is 23.2 Å². The summed E-state index contributed by atoms with van der Waals surface area (Å²) in [4.78, 5) is 11.9. The maximum atomic E-state index is 12.2. The lowest BCUT2D eigenvalue weighted by molar-refractivity contribution is 0.0938. The molecule has 0 radical (unpaired) electrons. The Labute approximate surface area is 127 Å². The maximum absolute atomic E-state index is 12.2. The Hall–Kier alpha value is -0.820. The van der Waals surface area contributed by atoms with Crippen molar-refractivity contribution in [3.63, 3.8) is 0 Å². The number of benzene rings is 1. The molecule has 1 fully saturated rings. The van der Waals surface area contributed by atoms with E-state index in [9.17, 15) is 13.2 Å². The van der Waals surface area contributed by atoms with E-state index in [0.717, 1.165) is 37.8 Å². The molecule has 110 valence electrons. The third-order valence-electron chi connectivity index (χ3n) is 3.27. The normalized spacial score (nSPS) is 16.4. The van der Waals surface area contributed by atoms with Crippen molar-refractivity contribution < 1.29 is 13.2 Å². The number of hydrogen-bond donors (Lipinski definition) is 2. The summed E-state index contributed by atoms with van der Waals surface area (Å²) in [6, 6.07) is 2.37. The summed E-state index contributed by atoms with van der Waals surface area (Å²) in [5.74, 6) is -0.436. The Bertz CT molecular complexity index is 640. The SMILES string of the molecule is NS(=O)(=O)c1cc(Cl)c(Cl)c(C(=O)NC2CCCC2)c1. The average molecular weight is 337 g/mol. The number of primary sulfonamides is 1. The molecule has 0 aromatic heterocycles. The second-order valence-electron chi connectivity index (χ2n) is 4.77. The van der Waals surface area contributed by atoms with Crippen molar-refractivity contribution in [2.45, 2.75) is 36.6 Å². The highest BCUT2D eigenvalue weighted by atomic mass is 35.5. The first kappa shape index (κ1) is 15.6. The Kier molecular flexibility index (Phi) is 4.59. The van der Waals surface area contributed by atoms with Crippen LogP contribution in [0.4, 0.5) is 0 Å². The van der Waals surface area contributed by atoms with Crippen molar-refractivity contribution in [1.82, 2.24) is 5.32 Å². The van der Waals surface area contributed by atoms with Gasteiger partial charge in [-0.1, -0.05) is 36.0 Å². The molecule has 0 unspecified atom stereocenters. The smallest absolute Gasteiger partial charge is 0.253 e. The largest absolute Gasteiger partial charge is 0.349 e. The molecule has 2 rings (SSSR count). The molecule has 0 heterocycles. The molecule has 1 amide bonds. The molecule has 1 aromatic rings. The molecule has 0 atom stereocenters. The van der Waals surface area contributed by atoms with Crippen LogP contribution in [0.5, 0.6) is 0 Å². The van der Waals surface area contributed by atoms with Crippen LogP contribution in [0.25, 0.3) is 0 Å². The Morgan fingerprint density at radius 1 is 1.25 bits per heavy atom. The van der Waals surface area contributed by atoms with Crippen LogP contribution in [0.1, 0.15) is 36.0 Å². The van der Waals surface area contributed by atoms with Gasteiger partial charge in [-0.25, -0.2) is 13.6 Å². The number of carbonyl (C=O) groups excluding carboxylic acids is 1. The summed E-state index contributed by atoms with van der Waals surface area (Å²) in [5, 5.41) is 7.88. The molecule has 1 aromatic carbocycles. The number of hydrogen-bond acceptors (Lipinski definition) is 3. The summed E-state index contributed by atoms with van der Waals surface area (Å²) in [7, 11) is -3.95. The first-order chi connectivity index (χ1) is 9.29. The van der Waals surface area contributed by atoms with Crippen LogP contribution in [-0.4, -0.2) is 20.4 Å². The predicted octanol–water partition coefficient (Wildman–Crippen LogP) is 2.31. The third-order valence-corrected chi connectivity index (χ3v) is 4.96. The number of rotatable bonds is 3. The van der Waals surface area contributed by atoms with Gasteiger partial charge in [0.05, 0.1) is 20.5 Å². The zero-order valence-electron chi connectivity index (χ0n) is 10.5. The summed E-state index contributed by atoms with van der Waals surface area (Å²) in [6.07, 6.45) is 3.95. The van der Waals surface area contributed by atoms with Gasteiger partial charge in [0.2, 0.25) is 10.0 Å². The number of carbonyl (C=O) groups is 1. The number of nitrogens with two attached hydrogens (primary N) is 1. The third kappa shape index (κ3) is 3.44. The van der Waals surface area contributed by atoms with E-state index >= 15 is 0 Å².